The lowest BCUT2D eigenvalue weighted by Crippen LogP contribution is -2.45. The molecule has 10 heteroatoms. The number of benzene rings is 1. The van der Waals surface area contributed by atoms with Crippen LogP contribution in [0, 0.1) is 5.82 Å². The first kappa shape index (κ1) is 21.0. The van der Waals surface area contributed by atoms with E-state index in [1.54, 1.807) is 29.1 Å². The zero-order valence-corrected chi connectivity index (χ0v) is 18.4. The molecule has 1 N–H and O–H groups in total. The van der Waals surface area contributed by atoms with E-state index in [1.807, 2.05) is 7.05 Å². The summed E-state index contributed by atoms with van der Waals surface area (Å²) >= 11 is 0. The van der Waals surface area contributed by atoms with Crippen molar-refractivity contribution >= 4 is 22.7 Å². The van der Waals surface area contributed by atoms with E-state index in [9.17, 15) is 9.18 Å². The first-order valence-electron chi connectivity index (χ1n) is 11.0. The van der Waals surface area contributed by atoms with Crippen molar-refractivity contribution in [1.29, 1.82) is 0 Å². The van der Waals surface area contributed by atoms with E-state index < -0.39 is 0 Å². The summed E-state index contributed by atoms with van der Waals surface area (Å²) in [6.07, 6.45) is 6.48. The summed E-state index contributed by atoms with van der Waals surface area (Å²) in [5.74, 6) is 1.17. The van der Waals surface area contributed by atoms with Crippen molar-refractivity contribution in [2.45, 2.75) is 31.8 Å². The summed E-state index contributed by atoms with van der Waals surface area (Å²) in [4.78, 5) is 23.3. The third-order valence-corrected chi connectivity index (χ3v) is 6.03. The van der Waals surface area contributed by atoms with Crippen LogP contribution in [-0.4, -0.2) is 48.7 Å². The van der Waals surface area contributed by atoms with Crippen LogP contribution in [-0.2, 0) is 13.6 Å². The maximum atomic E-state index is 13.6. The predicted octanol–water partition coefficient (Wildman–Crippen LogP) is 2.58. The minimum atomic E-state index is -0.327. The van der Waals surface area contributed by atoms with Crippen LogP contribution >= 0.6 is 0 Å². The van der Waals surface area contributed by atoms with Gasteiger partial charge < -0.3 is 10.2 Å². The van der Waals surface area contributed by atoms with Gasteiger partial charge in [0.15, 0.2) is 5.65 Å². The molecular formula is C23H25FN8O. The summed E-state index contributed by atoms with van der Waals surface area (Å²) in [5.41, 5.74) is 1.26. The number of aromatic nitrogens is 6. The first-order chi connectivity index (χ1) is 16.1. The second kappa shape index (κ2) is 8.97. The predicted molar refractivity (Wildman–Crippen MR) is 124 cm³/mol. The molecule has 170 valence electrons. The molecule has 5 rings (SSSR count). The molecule has 0 bridgehead atoms. The topological polar surface area (TPSA) is 93.8 Å². The van der Waals surface area contributed by atoms with Gasteiger partial charge in [-0.15, -0.1) is 0 Å². The zero-order chi connectivity index (χ0) is 22.8. The number of aryl methyl sites for hydroxylation is 1. The molecule has 0 spiro atoms. The van der Waals surface area contributed by atoms with Crippen LogP contribution in [0.3, 0.4) is 0 Å². The summed E-state index contributed by atoms with van der Waals surface area (Å²) in [6, 6.07) is 9.73. The second-order valence-corrected chi connectivity index (χ2v) is 8.27. The van der Waals surface area contributed by atoms with Gasteiger partial charge in [-0.05, 0) is 43.0 Å². The smallest absolute Gasteiger partial charge is 0.267 e. The Bertz CT molecular complexity index is 1330. The van der Waals surface area contributed by atoms with Crippen molar-refractivity contribution in [3.63, 3.8) is 0 Å². The van der Waals surface area contributed by atoms with Crippen LogP contribution in [0.15, 0.2) is 53.7 Å². The molecule has 1 aliphatic heterocycles. The minimum Gasteiger partial charge on any atom is -0.367 e. The third-order valence-electron chi connectivity index (χ3n) is 6.03. The fourth-order valence-corrected chi connectivity index (χ4v) is 4.34. The van der Waals surface area contributed by atoms with E-state index in [-0.39, 0.29) is 24.0 Å². The Kier molecular flexibility index (Phi) is 5.72. The summed E-state index contributed by atoms with van der Waals surface area (Å²) < 4.78 is 16.7. The van der Waals surface area contributed by atoms with Gasteiger partial charge in [0.2, 0.25) is 0 Å². The summed E-state index contributed by atoms with van der Waals surface area (Å²) in [5, 5.41) is 13.2. The molecule has 0 radical (unpaired) electrons. The van der Waals surface area contributed by atoms with Gasteiger partial charge >= 0.3 is 0 Å². The number of anilines is 2. The first-order valence-corrected chi connectivity index (χ1v) is 11.0. The summed E-state index contributed by atoms with van der Waals surface area (Å²) in [6.45, 7) is 1.75. The van der Waals surface area contributed by atoms with Crippen LogP contribution in [0.1, 0.15) is 24.8 Å². The Morgan fingerprint density at radius 1 is 1.18 bits per heavy atom. The van der Waals surface area contributed by atoms with E-state index in [2.05, 4.69) is 30.4 Å². The monoisotopic (exact) mass is 448 g/mol. The van der Waals surface area contributed by atoms with Gasteiger partial charge in [-0.1, -0.05) is 12.1 Å². The molecular weight excluding hydrogens is 423 g/mol. The van der Waals surface area contributed by atoms with Crippen molar-refractivity contribution in [1.82, 2.24) is 29.5 Å². The van der Waals surface area contributed by atoms with Crippen LogP contribution < -0.4 is 15.8 Å². The fraction of sp³-hybridized carbons (Fsp3) is 0.348. The lowest BCUT2D eigenvalue weighted by Gasteiger charge is -2.37. The van der Waals surface area contributed by atoms with Gasteiger partial charge in [-0.25, -0.2) is 19.0 Å². The summed E-state index contributed by atoms with van der Waals surface area (Å²) in [7, 11) is 1.85. The van der Waals surface area contributed by atoms with Gasteiger partial charge in [0.1, 0.15) is 23.8 Å². The second-order valence-electron chi connectivity index (χ2n) is 8.27. The van der Waals surface area contributed by atoms with E-state index in [0.29, 0.717) is 12.1 Å². The number of nitrogens with zero attached hydrogens (tertiary/aromatic N) is 7. The van der Waals surface area contributed by atoms with E-state index in [1.165, 1.54) is 29.2 Å². The van der Waals surface area contributed by atoms with Crippen molar-refractivity contribution in [3.05, 3.63) is 70.7 Å². The molecule has 1 fully saturated rings. The fourth-order valence-electron chi connectivity index (χ4n) is 4.34. The standard InChI is InChI=1S/C23H25FN8O/c1-30-23-19(13-28-30)22(26-15-27-23)25-12-18-7-2-3-10-31(18)20-8-9-21(33)32(29-20)14-16-5-4-6-17(24)11-16/h4-6,8-9,11,13,15,18H,2-3,7,10,12,14H2,1H3,(H,25,26,27). The largest absolute Gasteiger partial charge is 0.367 e. The van der Waals surface area contributed by atoms with Crippen molar-refractivity contribution in [3.8, 4) is 0 Å². The van der Waals surface area contributed by atoms with Crippen molar-refractivity contribution < 1.29 is 4.39 Å². The van der Waals surface area contributed by atoms with Crippen LogP contribution in [0.25, 0.3) is 11.0 Å². The molecule has 3 aromatic heterocycles. The molecule has 9 nitrogen and oxygen atoms in total. The lowest BCUT2D eigenvalue weighted by molar-refractivity contribution is 0.463. The zero-order valence-electron chi connectivity index (χ0n) is 18.4. The van der Waals surface area contributed by atoms with Crippen LogP contribution in [0.5, 0.6) is 0 Å². The molecule has 0 aliphatic carbocycles. The van der Waals surface area contributed by atoms with Gasteiger partial charge in [0, 0.05) is 32.2 Å². The molecule has 0 saturated carbocycles. The molecule has 33 heavy (non-hydrogen) atoms. The third kappa shape index (κ3) is 4.41. The van der Waals surface area contributed by atoms with E-state index in [0.717, 1.165) is 48.5 Å². The van der Waals surface area contributed by atoms with E-state index >= 15 is 0 Å². The quantitative estimate of drug-likeness (QED) is 0.485. The van der Waals surface area contributed by atoms with Crippen molar-refractivity contribution in [2.24, 2.45) is 7.05 Å². The molecule has 0 amide bonds. The van der Waals surface area contributed by atoms with Gasteiger partial charge in [-0.3, -0.25) is 9.48 Å². The number of halogens is 1. The van der Waals surface area contributed by atoms with Crippen LogP contribution in [0.4, 0.5) is 16.0 Å². The molecule has 4 aromatic rings. The molecule has 4 heterocycles. The SMILES string of the molecule is Cn1ncc2c(NCC3CCCCN3c3ccc(=O)n(Cc4cccc(F)c4)n3)ncnc21. The Hall–Kier alpha value is -3.82. The Morgan fingerprint density at radius 3 is 2.97 bits per heavy atom. The Morgan fingerprint density at radius 2 is 2.09 bits per heavy atom. The molecule has 1 saturated heterocycles. The average Bonchev–Trinajstić information content (AvgIpc) is 3.21. The molecule has 1 aromatic carbocycles. The van der Waals surface area contributed by atoms with Gasteiger partial charge in [0.05, 0.1) is 18.1 Å². The highest BCUT2D eigenvalue weighted by molar-refractivity contribution is 5.85. The maximum Gasteiger partial charge on any atom is 0.267 e. The number of fused-ring (bicyclic) bond motifs is 1. The number of piperidine rings is 1. The number of hydrogen-bond donors (Lipinski definition) is 1. The molecule has 1 unspecified atom stereocenters. The van der Waals surface area contributed by atoms with Crippen LogP contribution in [0.2, 0.25) is 0 Å². The van der Waals surface area contributed by atoms with E-state index in [4.69, 9.17) is 0 Å². The average molecular weight is 449 g/mol. The highest BCUT2D eigenvalue weighted by atomic mass is 19.1. The lowest BCUT2D eigenvalue weighted by atomic mass is 10.0. The highest BCUT2D eigenvalue weighted by Crippen LogP contribution is 2.24. The maximum absolute atomic E-state index is 13.6. The normalized spacial score (nSPS) is 16.3. The van der Waals surface area contributed by atoms with Gasteiger partial charge in [0.25, 0.3) is 5.56 Å². The Labute approximate surface area is 189 Å². The number of rotatable bonds is 6. The number of nitrogens with one attached hydrogen (secondary N) is 1. The highest BCUT2D eigenvalue weighted by Gasteiger charge is 2.24. The number of hydrogen-bond acceptors (Lipinski definition) is 7. The Balaban J connectivity index is 1.36. The minimum absolute atomic E-state index is 0.188. The van der Waals surface area contributed by atoms with Gasteiger partial charge in [-0.2, -0.15) is 10.2 Å². The van der Waals surface area contributed by atoms with Crippen molar-refractivity contribution in [2.75, 3.05) is 23.3 Å². The molecule has 1 atom stereocenters. The molecule has 1 aliphatic rings.